The van der Waals surface area contributed by atoms with Crippen molar-refractivity contribution in [2.24, 2.45) is 0 Å². The highest BCUT2D eigenvalue weighted by molar-refractivity contribution is 6.30. The third kappa shape index (κ3) is 2.65. The van der Waals surface area contributed by atoms with Gasteiger partial charge in [0, 0.05) is 11.8 Å². The molecule has 15 heavy (non-hydrogen) atoms. The van der Waals surface area contributed by atoms with Crippen molar-refractivity contribution in [1.82, 2.24) is 4.98 Å². The largest absolute Gasteiger partial charge is 0.479 e. The topological polar surface area (TPSA) is 90.7 Å². The Balaban J connectivity index is 3.04. The molecular weight excluding hydrogens is 222 g/mol. The molecule has 0 saturated carbocycles. The van der Waals surface area contributed by atoms with Gasteiger partial charge in [0.15, 0.2) is 6.10 Å². The molecule has 0 aliphatic carbocycles. The molecule has 1 rings (SSSR count). The van der Waals surface area contributed by atoms with E-state index in [0.29, 0.717) is 5.56 Å². The summed E-state index contributed by atoms with van der Waals surface area (Å²) < 4.78 is 0. The van der Waals surface area contributed by atoms with Gasteiger partial charge >= 0.3 is 5.97 Å². The molecule has 1 heterocycles. The van der Waals surface area contributed by atoms with Crippen LogP contribution in [-0.2, 0) is 4.79 Å². The fourth-order valence-corrected chi connectivity index (χ4v) is 1.30. The highest BCUT2D eigenvalue weighted by Gasteiger charge is 2.27. The summed E-state index contributed by atoms with van der Waals surface area (Å²) in [6, 6.07) is 1.48. The highest BCUT2D eigenvalue weighted by atomic mass is 35.5. The van der Waals surface area contributed by atoms with Gasteiger partial charge in [0.05, 0.1) is 0 Å². The molecule has 0 fully saturated rings. The van der Waals surface area contributed by atoms with Crippen LogP contribution >= 0.6 is 11.6 Å². The predicted octanol–water partition coefficient (Wildman–Crippen LogP) is 0.522. The second-order valence-electron chi connectivity index (χ2n) is 3.12. The van der Waals surface area contributed by atoms with Crippen LogP contribution in [0.2, 0.25) is 5.15 Å². The molecule has 1 aromatic rings. The van der Waals surface area contributed by atoms with E-state index in [1.54, 1.807) is 6.92 Å². The highest BCUT2D eigenvalue weighted by Crippen LogP contribution is 2.24. The van der Waals surface area contributed by atoms with E-state index >= 15 is 0 Å². The molecule has 6 heteroatoms. The monoisotopic (exact) mass is 231 g/mol. The summed E-state index contributed by atoms with van der Waals surface area (Å²) in [6.45, 7) is 1.71. The number of carboxylic acids is 1. The predicted molar refractivity (Wildman–Crippen MR) is 52.6 cm³/mol. The molecule has 0 radical (unpaired) electrons. The van der Waals surface area contributed by atoms with E-state index in [1.807, 2.05) is 0 Å². The third-order valence-corrected chi connectivity index (χ3v) is 2.19. The van der Waals surface area contributed by atoms with Gasteiger partial charge in [0.1, 0.15) is 11.3 Å². The number of aromatic nitrogens is 1. The summed E-state index contributed by atoms with van der Waals surface area (Å²) in [7, 11) is 0. The number of hydrogen-bond acceptors (Lipinski definition) is 4. The minimum absolute atomic E-state index is 0.0200. The van der Waals surface area contributed by atoms with Gasteiger partial charge in [-0.3, -0.25) is 0 Å². The lowest BCUT2D eigenvalue weighted by molar-refractivity contribution is -0.153. The molecule has 0 saturated heterocycles. The van der Waals surface area contributed by atoms with Crippen molar-refractivity contribution < 1.29 is 20.1 Å². The number of halogens is 1. The van der Waals surface area contributed by atoms with Gasteiger partial charge in [-0.05, 0) is 18.6 Å². The number of aryl methyl sites for hydroxylation is 1. The summed E-state index contributed by atoms with van der Waals surface area (Å²) in [5, 5.41) is 27.1. The molecule has 5 nitrogen and oxygen atoms in total. The smallest absolute Gasteiger partial charge is 0.335 e. The normalized spacial score (nSPS) is 14.7. The lowest BCUT2D eigenvalue weighted by Crippen LogP contribution is -2.27. The molecule has 0 spiro atoms. The molecule has 0 aliphatic rings. The van der Waals surface area contributed by atoms with E-state index in [1.165, 1.54) is 12.3 Å². The number of carboxylic acid groups (broad SMARTS) is 1. The molecule has 0 bridgehead atoms. The molecule has 2 atom stereocenters. The van der Waals surface area contributed by atoms with Crippen molar-refractivity contribution >= 4 is 17.6 Å². The second-order valence-corrected chi connectivity index (χ2v) is 3.48. The molecule has 2 unspecified atom stereocenters. The van der Waals surface area contributed by atoms with Crippen molar-refractivity contribution in [3.63, 3.8) is 0 Å². The van der Waals surface area contributed by atoms with Crippen molar-refractivity contribution in [3.8, 4) is 0 Å². The molecule has 1 aromatic heterocycles. The average molecular weight is 232 g/mol. The van der Waals surface area contributed by atoms with E-state index in [2.05, 4.69) is 4.98 Å². The van der Waals surface area contributed by atoms with Gasteiger partial charge in [-0.25, -0.2) is 9.78 Å². The van der Waals surface area contributed by atoms with Gasteiger partial charge in [0.2, 0.25) is 0 Å². The van der Waals surface area contributed by atoms with E-state index in [-0.39, 0.29) is 10.7 Å². The number of nitrogens with zero attached hydrogens (tertiary/aromatic N) is 1. The molecule has 82 valence electrons. The first-order valence-electron chi connectivity index (χ1n) is 4.14. The summed E-state index contributed by atoms with van der Waals surface area (Å²) in [4.78, 5) is 14.2. The Labute approximate surface area is 91.0 Å². The lowest BCUT2D eigenvalue weighted by atomic mass is 10.1. The zero-order valence-corrected chi connectivity index (χ0v) is 8.64. The maximum absolute atomic E-state index is 10.4. The third-order valence-electron chi connectivity index (χ3n) is 1.87. The number of aliphatic hydroxyl groups excluding tert-OH is 2. The Morgan fingerprint density at radius 3 is 2.67 bits per heavy atom. The van der Waals surface area contributed by atoms with E-state index < -0.39 is 18.2 Å². The van der Waals surface area contributed by atoms with Gasteiger partial charge in [-0.15, -0.1) is 0 Å². The number of aliphatic hydroxyl groups is 2. The van der Waals surface area contributed by atoms with Gasteiger partial charge < -0.3 is 15.3 Å². The molecule has 0 aromatic carbocycles. The van der Waals surface area contributed by atoms with Crippen LogP contribution in [-0.4, -0.2) is 32.4 Å². The summed E-state index contributed by atoms with van der Waals surface area (Å²) in [5.74, 6) is -1.51. The van der Waals surface area contributed by atoms with Crippen LogP contribution in [0.5, 0.6) is 0 Å². The van der Waals surface area contributed by atoms with Crippen LogP contribution in [0.4, 0.5) is 0 Å². The Kier molecular flexibility index (Phi) is 3.62. The zero-order chi connectivity index (χ0) is 11.6. The minimum Gasteiger partial charge on any atom is -0.479 e. The average Bonchev–Trinajstić information content (AvgIpc) is 2.19. The number of pyridine rings is 1. The van der Waals surface area contributed by atoms with Crippen LogP contribution in [0, 0.1) is 6.92 Å². The van der Waals surface area contributed by atoms with E-state index in [4.69, 9.17) is 21.8 Å². The number of rotatable bonds is 3. The van der Waals surface area contributed by atoms with Crippen molar-refractivity contribution in [2.45, 2.75) is 19.1 Å². The molecule has 0 amide bonds. The van der Waals surface area contributed by atoms with Gasteiger partial charge in [0.25, 0.3) is 0 Å². The summed E-state index contributed by atoms with van der Waals surface area (Å²) in [6.07, 6.45) is -2.01. The fraction of sp³-hybridized carbons (Fsp3) is 0.333. The first kappa shape index (κ1) is 11.9. The molecule has 0 aliphatic heterocycles. The first-order valence-corrected chi connectivity index (χ1v) is 4.52. The second kappa shape index (κ2) is 4.57. The fourth-order valence-electron chi connectivity index (χ4n) is 1.09. The Hall–Kier alpha value is -1.17. The zero-order valence-electron chi connectivity index (χ0n) is 7.88. The van der Waals surface area contributed by atoms with Crippen LogP contribution < -0.4 is 0 Å². The van der Waals surface area contributed by atoms with Gasteiger partial charge in [-0.2, -0.15) is 0 Å². The standard InChI is InChI=1S/C9H10ClNO4/c1-4-2-5(8(10)11-3-4)6(12)7(13)9(14)15/h2-3,6-7,12-13H,1H3,(H,14,15). The molecular formula is C9H10ClNO4. The van der Waals surface area contributed by atoms with Crippen LogP contribution in [0.3, 0.4) is 0 Å². The van der Waals surface area contributed by atoms with Crippen molar-refractivity contribution in [2.75, 3.05) is 0 Å². The molecule has 3 N–H and O–H groups in total. The Morgan fingerprint density at radius 2 is 2.13 bits per heavy atom. The quantitative estimate of drug-likeness (QED) is 0.660. The Morgan fingerprint density at radius 1 is 1.53 bits per heavy atom. The van der Waals surface area contributed by atoms with E-state index in [0.717, 1.165) is 0 Å². The van der Waals surface area contributed by atoms with Gasteiger partial charge in [-0.1, -0.05) is 11.6 Å². The SMILES string of the molecule is Cc1cnc(Cl)c(C(O)C(O)C(=O)O)c1. The van der Waals surface area contributed by atoms with Crippen LogP contribution in [0.15, 0.2) is 12.3 Å². The van der Waals surface area contributed by atoms with Crippen LogP contribution in [0.1, 0.15) is 17.2 Å². The lowest BCUT2D eigenvalue weighted by Gasteiger charge is -2.15. The maximum atomic E-state index is 10.4. The van der Waals surface area contributed by atoms with Crippen molar-refractivity contribution in [3.05, 3.63) is 28.5 Å². The summed E-state index contributed by atoms with van der Waals surface area (Å²) >= 11 is 5.66. The Bertz CT molecular complexity index is 382. The number of aliphatic carboxylic acids is 1. The first-order chi connectivity index (χ1) is 6.93. The van der Waals surface area contributed by atoms with Crippen molar-refractivity contribution in [1.29, 1.82) is 0 Å². The van der Waals surface area contributed by atoms with Crippen LogP contribution in [0.25, 0.3) is 0 Å². The summed E-state index contributed by atoms with van der Waals surface area (Å²) in [5.41, 5.74) is 0.817. The van der Waals surface area contributed by atoms with E-state index in [9.17, 15) is 9.90 Å². The minimum atomic E-state index is -1.91. The number of hydrogen-bond donors (Lipinski definition) is 3. The maximum Gasteiger partial charge on any atom is 0.335 e. The number of carbonyl (C=O) groups is 1.